The Morgan fingerprint density at radius 3 is 2.45 bits per heavy atom. The molecule has 1 N–H and O–H groups in total. The second-order valence-electron chi connectivity index (χ2n) is 7.91. The summed E-state index contributed by atoms with van der Waals surface area (Å²) in [5.41, 5.74) is 2.94. The van der Waals surface area contributed by atoms with Crippen molar-refractivity contribution in [2.45, 2.75) is 40.5 Å². The molecule has 2 aromatic rings. The third kappa shape index (κ3) is 2.23. The highest BCUT2D eigenvalue weighted by Crippen LogP contribution is 2.60. The number of hydrogen-bond acceptors (Lipinski definition) is 2. The van der Waals surface area contributed by atoms with Crippen LogP contribution in [-0.2, 0) is 6.42 Å². The van der Waals surface area contributed by atoms with Gasteiger partial charge >= 0.3 is 0 Å². The first-order valence-electron chi connectivity index (χ1n) is 7.80. The van der Waals surface area contributed by atoms with Gasteiger partial charge in [0.1, 0.15) is 6.07 Å². The molecule has 0 amide bonds. The zero-order chi connectivity index (χ0) is 16.1. The molecule has 0 aliphatic heterocycles. The molecular formula is C19H22N2O. The molecular weight excluding hydrogens is 272 g/mol. The summed E-state index contributed by atoms with van der Waals surface area (Å²) in [5.74, 6) is 0.600. The Bertz CT molecular complexity index is 823. The lowest BCUT2D eigenvalue weighted by atomic mass is 9.47. The first-order valence-corrected chi connectivity index (χ1v) is 7.80. The van der Waals surface area contributed by atoms with Gasteiger partial charge in [0.05, 0.1) is 11.1 Å². The van der Waals surface area contributed by atoms with E-state index in [0.29, 0.717) is 27.8 Å². The van der Waals surface area contributed by atoms with Gasteiger partial charge in [-0.25, -0.2) is 0 Å². The van der Waals surface area contributed by atoms with E-state index in [9.17, 15) is 10.1 Å². The van der Waals surface area contributed by atoms with E-state index in [1.165, 1.54) is 12.0 Å². The largest absolute Gasteiger partial charge is 0.321 e. The van der Waals surface area contributed by atoms with Crippen molar-refractivity contribution >= 4 is 10.9 Å². The van der Waals surface area contributed by atoms with Crippen molar-refractivity contribution in [1.29, 1.82) is 5.26 Å². The number of rotatable bonds is 2. The van der Waals surface area contributed by atoms with Gasteiger partial charge in [0, 0.05) is 11.5 Å². The van der Waals surface area contributed by atoms with E-state index in [2.05, 4.69) is 38.7 Å². The molecule has 1 fully saturated rings. The minimum atomic E-state index is -0.162. The standard InChI is InChI=1S/C19H22N2O/c1-18(2)11-19(3,4)15(18)9-12-5-6-13(10-20)17-14(12)7-8-16(22)21-17/h5-8,15H,9,11H2,1-4H3,(H,21,22). The highest BCUT2D eigenvalue weighted by molar-refractivity contribution is 5.87. The normalized spacial score (nSPS) is 19.6. The molecule has 1 aromatic carbocycles. The second-order valence-corrected chi connectivity index (χ2v) is 7.91. The van der Waals surface area contributed by atoms with Gasteiger partial charge < -0.3 is 4.98 Å². The summed E-state index contributed by atoms with van der Waals surface area (Å²) in [6.45, 7) is 9.32. The van der Waals surface area contributed by atoms with Crippen LogP contribution in [0.15, 0.2) is 29.1 Å². The third-order valence-corrected chi connectivity index (χ3v) is 5.33. The molecule has 0 unspecified atom stereocenters. The van der Waals surface area contributed by atoms with E-state index in [4.69, 9.17) is 0 Å². The molecule has 3 rings (SSSR count). The molecule has 0 bridgehead atoms. The number of nitriles is 1. The first kappa shape index (κ1) is 14.8. The van der Waals surface area contributed by atoms with E-state index < -0.39 is 0 Å². The summed E-state index contributed by atoms with van der Waals surface area (Å²) in [4.78, 5) is 14.4. The smallest absolute Gasteiger partial charge is 0.248 e. The van der Waals surface area contributed by atoms with E-state index in [1.807, 2.05) is 18.2 Å². The molecule has 0 atom stereocenters. The predicted molar refractivity (Wildman–Crippen MR) is 88.7 cm³/mol. The molecule has 0 spiro atoms. The van der Waals surface area contributed by atoms with Gasteiger partial charge in [-0.1, -0.05) is 33.8 Å². The fourth-order valence-corrected chi connectivity index (χ4v) is 4.70. The minimum absolute atomic E-state index is 0.162. The number of aromatic amines is 1. The Morgan fingerprint density at radius 1 is 1.18 bits per heavy atom. The maximum Gasteiger partial charge on any atom is 0.248 e. The fraction of sp³-hybridized carbons (Fsp3) is 0.474. The lowest BCUT2D eigenvalue weighted by Crippen LogP contribution is -2.51. The maximum absolute atomic E-state index is 11.6. The van der Waals surface area contributed by atoms with Crippen molar-refractivity contribution in [3.63, 3.8) is 0 Å². The molecule has 3 heteroatoms. The first-order chi connectivity index (χ1) is 10.2. The third-order valence-electron chi connectivity index (χ3n) is 5.33. The predicted octanol–water partition coefficient (Wildman–Crippen LogP) is 4.01. The van der Waals surface area contributed by atoms with Crippen LogP contribution in [0.5, 0.6) is 0 Å². The zero-order valence-electron chi connectivity index (χ0n) is 13.7. The van der Waals surface area contributed by atoms with Crippen LogP contribution in [0.2, 0.25) is 0 Å². The quantitative estimate of drug-likeness (QED) is 0.909. The van der Waals surface area contributed by atoms with Crippen LogP contribution in [0.1, 0.15) is 45.2 Å². The van der Waals surface area contributed by atoms with Gasteiger partial charge in [0.25, 0.3) is 0 Å². The van der Waals surface area contributed by atoms with Crippen molar-refractivity contribution in [3.05, 3.63) is 45.7 Å². The maximum atomic E-state index is 11.6. The van der Waals surface area contributed by atoms with Crippen LogP contribution in [0.25, 0.3) is 10.9 Å². The Labute approximate surface area is 131 Å². The van der Waals surface area contributed by atoms with E-state index in [0.717, 1.165) is 11.8 Å². The van der Waals surface area contributed by atoms with Crippen molar-refractivity contribution < 1.29 is 0 Å². The summed E-state index contributed by atoms with van der Waals surface area (Å²) in [6.07, 6.45) is 2.21. The second kappa shape index (κ2) is 4.71. The molecule has 0 saturated heterocycles. The van der Waals surface area contributed by atoms with Crippen LogP contribution < -0.4 is 5.56 Å². The Morgan fingerprint density at radius 2 is 1.86 bits per heavy atom. The number of aromatic nitrogens is 1. The highest BCUT2D eigenvalue weighted by Gasteiger charge is 2.52. The summed E-state index contributed by atoms with van der Waals surface area (Å²) < 4.78 is 0. The van der Waals surface area contributed by atoms with Gasteiger partial charge in [0.15, 0.2) is 0 Å². The van der Waals surface area contributed by atoms with Crippen molar-refractivity contribution in [1.82, 2.24) is 4.98 Å². The molecule has 1 aromatic heterocycles. The number of nitrogens with one attached hydrogen (secondary N) is 1. The highest BCUT2D eigenvalue weighted by atomic mass is 16.1. The lowest BCUT2D eigenvalue weighted by Gasteiger charge is -2.58. The lowest BCUT2D eigenvalue weighted by molar-refractivity contribution is -0.0791. The average molecular weight is 294 g/mol. The number of fused-ring (bicyclic) bond motifs is 1. The molecule has 1 heterocycles. The summed E-state index contributed by atoms with van der Waals surface area (Å²) in [7, 11) is 0. The average Bonchev–Trinajstić information content (AvgIpc) is 2.42. The van der Waals surface area contributed by atoms with Gasteiger partial charge in [-0.15, -0.1) is 0 Å². The van der Waals surface area contributed by atoms with Gasteiger partial charge in [-0.2, -0.15) is 5.26 Å². The summed E-state index contributed by atoms with van der Waals surface area (Å²) in [5, 5.41) is 10.2. The molecule has 0 radical (unpaired) electrons. The van der Waals surface area contributed by atoms with Crippen LogP contribution >= 0.6 is 0 Å². The molecule has 114 valence electrons. The van der Waals surface area contributed by atoms with Gasteiger partial charge in [0.2, 0.25) is 5.56 Å². The number of benzene rings is 1. The molecule has 1 aliphatic carbocycles. The Balaban J connectivity index is 2.10. The number of hydrogen-bond donors (Lipinski definition) is 1. The number of pyridine rings is 1. The van der Waals surface area contributed by atoms with Crippen molar-refractivity contribution in [2.75, 3.05) is 0 Å². The van der Waals surface area contributed by atoms with Crippen LogP contribution in [0.4, 0.5) is 0 Å². The Kier molecular flexibility index (Phi) is 3.18. The summed E-state index contributed by atoms with van der Waals surface area (Å²) in [6, 6.07) is 9.43. The zero-order valence-corrected chi connectivity index (χ0v) is 13.7. The molecule has 1 saturated carbocycles. The number of nitrogens with zero attached hydrogens (tertiary/aromatic N) is 1. The monoisotopic (exact) mass is 294 g/mol. The minimum Gasteiger partial charge on any atom is -0.321 e. The van der Waals surface area contributed by atoms with E-state index >= 15 is 0 Å². The van der Waals surface area contributed by atoms with Crippen LogP contribution in [0.3, 0.4) is 0 Å². The van der Waals surface area contributed by atoms with Crippen molar-refractivity contribution in [2.24, 2.45) is 16.7 Å². The Hall–Kier alpha value is -2.08. The van der Waals surface area contributed by atoms with Crippen LogP contribution in [-0.4, -0.2) is 4.98 Å². The van der Waals surface area contributed by atoms with Gasteiger partial charge in [-0.05, 0) is 47.3 Å². The topological polar surface area (TPSA) is 56.6 Å². The van der Waals surface area contributed by atoms with E-state index in [1.54, 1.807) is 6.07 Å². The summed E-state index contributed by atoms with van der Waals surface area (Å²) >= 11 is 0. The van der Waals surface area contributed by atoms with Crippen LogP contribution in [0, 0.1) is 28.1 Å². The van der Waals surface area contributed by atoms with Crippen molar-refractivity contribution in [3.8, 4) is 6.07 Å². The van der Waals surface area contributed by atoms with E-state index in [-0.39, 0.29) is 5.56 Å². The SMILES string of the molecule is CC1(C)CC(C)(C)C1Cc1ccc(C#N)c2[nH]c(=O)ccc12. The van der Waals surface area contributed by atoms with Gasteiger partial charge in [-0.3, -0.25) is 4.79 Å². The molecule has 22 heavy (non-hydrogen) atoms. The molecule has 1 aliphatic rings. The molecule has 3 nitrogen and oxygen atoms in total. The number of H-pyrrole nitrogens is 1. The fourth-order valence-electron chi connectivity index (χ4n) is 4.70.